The first-order valence-corrected chi connectivity index (χ1v) is 10.2. The lowest BCUT2D eigenvalue weighted by Crippen LogP contribution is -2.25. The monoisotopic (exact) mass is 451 g/mol. The summed E-state index contributed by atoms with van der Waals surface area (Å²) in [7, 11) is 0. The van der Waals surface area contributed by atoms with Crippen LogP contribution in [0.25, 0.3) is 0 Å². The molecule has 12 heteroatoms. The molecule has 0 spiro atoms. The first-order valence-electron chi connectivity index (χ1n) is 7.59. The first-order chi connectivity index (χ1) is 13.1. The summed E-state index contributed by atoms with van der Waals surface area (Å²) in [6.07, 6.45) is -2.14. The van der Waals surface area contributed by atoms with E-state index in [2.05, 4.69) is 10.3 Å². The molecule has 0 aliphatic carbocycles. The second-order valence-electron chi connectivity index (χ2n) is 5.26. The van der Waals surface area contributed by atoms with Crippen LogP contribution in [0.5, 0.6) is 0 Å². The number of pyridine rings is 1. The lowest BCUT2D eigenvalue weighted by molar-refractivity contribution is -0.387. The topological polar surface area (TPSA) is 85.1 Å². The third-order valence-corrected chi connectivity index (χ3v) is 5.59. The molecule has 0 aliphatic heterocycles. The highest BCUT2D eigenvalue weighted by atomic mass is 35.5. The minimum Gasteiger partial charge on any atom is -0.351 e. The number of rotatable bonds is 7. The highest BCUT2D eigenvalue weighted by Gasteiger charge is 2.31. The van der Waals surface area contributed by atoms with Crippen LogP contribution in [0, 0.1) is 10.1 Å². The van der Waals surface area contributed by atoms with Gasteiger partial charge in [0.05, 0.1) is 20.4 Å². The Morgan fingerprint density at radius 3 is 2.64 bits per heavy atom. The number of nitro benzene ring substituents is 1. The Kier molecular flexibility index (Phi) is 7.55. The van der Waals surface area contributed by atoms with Crippen molar-refractivity contribution in [2.75, 3.05) is 18.6 Å². The number of carbonyl (C=O) groups is 1. The van der Waals surface area contributed by atoms with E-state index in [0.29, 0.717) is 16.8 Å². The van der Waals surface area contributed by atoms with Gasteiger partial charge < -0.3 is 5.32 Å². The van der Waals surface area contributed by atoms with E-state index >= 15 is 0 Å². The van der Waals surface area contributed by atoms with Crippen molar-refractivity contribution in [3.63, 3.8) is 0 Å². The van der Waals surface area contributed by atoms with Gasteiger partial charge in [0, 0.05) is 30.1 Å². The summed E-state index contributed by atoms with van der Waals surface area (Å²) >= 11 is 8.09. The fraction of sp³-hybridized carbons (Fsp3) is 0.250. The van der Waals surface area contributed by atoms with E-state index in [1.54, 1.807) is 6.26 Å². The van der Waals surface area contributed by atoms with Crippen molar-refractivity contribution in [3.05, 3.63) is 56.7 Å². The van der Waals surface area contributed by atoms with Gasteiger partial charge in [-0.15, -0.1) is 23.5 Å². The third kappa shape index (κ3) is 5.76. The van der Waals surface area contributed by atoms with Gasteiger partial charge in [0.2, 0.25) is 0 Å². The minimum atomic E-state index is -4.53. The second kappa shape index (κ2) is 9.48. The zero-order valence-corrected chi connectivity index (χ0v) is 16.6. The average molecular weight is 452 g/mol. The maximum Gasteiger partial charge on any atom is 0.417 e. The highest BCUT2D eigenvalue weighted by Crippen LogP contribution is 2.33. The highest BCUT2D eigenvalue weighted by molar-refractivity contribution is 7.99. The molecule has 2 rings (SSSR count). The number of carbonyl (C=O) groups excluding carboxylic acids is 1. The Hall–Kier alpha value is -1.98. The molecule has 0 fully saturated rings. The van der Waals surface area contributed by atoms with Gasteiger partial charge in [-0.1, -0.05) is 11.6 Å². The molecule has 1 aromatic carbocycles. The molecule has 6 nitrogen and oxygen atoms in total. The molecule has 0 radical (unpaired) electrons. The van der Waals surface area contributed by atoms with Crippen LogP contribution in [-0.4, -0.2) is 34.4 Å². The van der Waals surface area contributed by atoms with Crippen LogP contribution in [-0.2, 0) is 6.18 Å². The van der Waals surface area contributed by atoms with Crippen molar-refractivity contribution >= 4 is 46.7 Å². The molecule has 0 aliphatic rings. The number of thioether (sulfide) groups is 2. The summed E-state index contributed by atoms with van der Waals surface area (Å²) in [6, 6.07) is 4.97. The maximum absolute atomic E-state index is 12.6. The Morgan fingerprint density at radius 2 is 2.07 bits per heavy atom. The van der Waals surface area contributed by atoms with Crippen LogP contribution in [0.3, 0.4) is 0 Å². The van der Waals surface area contributed by atoms with Crippen LogP contribution >= 0.6 is 35.1 Å². The molecule has 0 atom stereocenters. The molecule has 1 N–H and O–H groups in total. The second-order valence-corrected chi connectivity index (χ2v) is 7.60. The van der Waals surface area contributed by atoms with Crippen molar-refractivity contribution in [1.82, 2.24) is 10.3 Å². The predicted octanol–water partition coefficient (Wildman–Crippen LogP) is 4.91. The van der Waals surface area contributed by atoms with Crippen LogP contribution in [0.2, 0.25) is 5.02 Å². The Bertz CT molecular complexity index is 897. The fourth-order valence-corrected chi connectivity index (χ4v) is 3.67. The number of aromatic nitrogens is 1. The van der Waals surface area contributed by atoms with E-state index in [1.807, 2.05) is 0 Å². The van der Waals surface area contributed by atoms with Crippen LogP contribution in [0.15, 0.2) is 40.4 Å². The number of hydrogen-bond donors (Lipinski definition) is 1. The molecule has 2 aromatic rings. The number of halogens is 4. The van der Waals surface area contributed by atoms with Gasteiger partial charge in [0.1, 0.15) is 5.03 Å². The van der Waals surface area contributed by atoms with Gasteiger partial charge in [-0.3, -0.25) is 14.9 Å². The molecule has 0 saturated heterocycles. The van der Waals surface area contributed by atoms with E-state index < -0.39 is 22.6 Å². The fourth-order valence-electron chi connectivity index (χ4n) is 2.07. The third-order valence-electron chi connectivity index (χ3n) is 3.40. The van der Waals surface area contributed by atoms with Crippen LogP contribution in [0.4, 0.5) is 18.9 Å². The molecule has 0 unspecified atom stereocenters. The molecule has 1 heterocycles. The summed E-state index contributed by atoms with van der Waals surface area (Å²) in [6.45, 7) is 0.167. The van der Waals surface area contributed by atoms with Crippen molar-refractivity contribution in [1.29, 1.82) is 0 Å². The van der Waals surface area contributed by atoms with Crippen molar-refractivity contribution in [3.8, 4) is 0 Å². The van der Waals surface area contributed by atoms with Crippen molar-refractivity contribution < 1.29 is 22.9 Å². The van der Waals surface area contributed by atoms with E-state index in [1.165, 1.54) is 30.0 Å². The van der Waals surface area contributed by atoms with Gasteiger partial charge in [0.25, 0.3) is 11.6 Å². The average Bonchev–Trinajstić information content (AvgIpc) is 2.64. The summed E-state index contributed by atoms with van der Waals surface area (Å²) in [5.74, 6) is -0.197. The molecule has 28 heavy (non-hydrogen) atoms. The zero-order valence-electron chi connectivity index (χ0n) is 14.2. The summed E-state index contributed by atoms with van der Waals surface area (Å²) in [5.41, 5.74) is -0.958. The Balaban J connectivity index is 1.93. The number of nitrogens with zero attached hydrogens (tertiary/aromatic N) is 2. The van der Waals surface area contributed by atoms with Crippen LogP contribution in [0.1, 0.15) is 15.9 Å². The quantitative estimate of drug-likeness (QED) is 0.279. The largest absolute Gasteiger partial charge is 0.417 e. The molecule has 1 aromatic heterocycles. The molecule has 0 bridgehead atoms. The number of benzene rings is 1. The van der Waals surface area contributed by atoms with Gasteiger partial charge in [-0.05, 0) is 24.5 Å². The molecule has 1 amide bonds. The van der Waals surface area contributed by atoms with Crippen molar-refractivity contribution in [2.24, 2.45) is 0 Å². The van der Waals surface area contributed by atoms with Gasteiger partial charge >= 0.3 is 6.18 Å². The lowest BCUT2D eigenvalue weighted by atomic mass is 10.2. The smallest absolute Gasteiger partial charge is 0.351 e. The standard InChI is InChI=1S/C16H13ClF3N3O3S2/c1-27-13-3-2-9(6-12(13)23(25)26)14(24)21-4-5-28-15-11(17)7-10(8-22-15)16(18,19)20/h2-3,6-8H,4-5H2,1H3,(H,21,24). The zero-order chi connectivity index (χ0) is 20.9. The number of amides is 1. The van der Waals surface area contributed by atoms with E-state index in [9.17, 15) is 28.1 Å². The Morgan fingerprint density at radius 1 is 1.36 bits per heavy atom. The first kappa shape index (κ1) is 22.3. The Labute approximate surface area is 171 Å². The summed E-state index contributed by atoms with van der Waals surface area (Å²) in [5, 5.41) is 13.7. The van der Waals surface area contributed by atoms with Crippen molar-refractivity contribution in [2.45, 2.75) is 16.1 Å². The summed E-state index contributed by atoms with van der Waals surface area (Å²) < 4.78 is 37.8. The SMILES string of the molecule is CSc1ccc(C(=O)NCCSc2ncc(C(F)(F)F)cc2Cl)cc1[N+](=O)[O-]. The number of alkyl halides is 3. The van der Waals surface area contributed by atoms with Crippen LogP contribution < -0.4 is 5.32 Å². The molecular formula is C16H13ClF3N3O3S2. The lowest BCUT2D eigenvalue weighted by Gasteiger charge is -2.09. The van der Waals surface area contributed by atoms with Gasteiger partial charge in [-0.2, -0.15) is 13.2 Å². The normalized spacial score (nSPS) is 11.3. The van der Waals surface area contributed by atoms with Gasteiger partial charge in [0.15, 0.2) is 0 Å². The molecular weight excluding hydrogens is 439 g/mol. The number of nitro groups is 1. The number of nitrogens with one attached hydrogen (secondary N) is 1. The maximum atomic E-state index is 12.6. The minimum absolute atomic E-state index is 0.130. The number of hydrogen-bond acceptors (Lipinski definition) is 6. The van der Waals surface area contributed by atoms with E-state index in [-0.39, 0.29) is 27.8 Å². The van der Waals surface area contributed by atoms with E-state index in [0.717, 1.165) is 17.8 Å². The predicted molar refractivity (Wildman–Crippen MR) is 102 cm³/mol. The van der Waals surface area contributed by atoms with E-state index in [4.69, 9.17) is 11.6 Å². The summed E-state index contributed by atoms with van der Waals surface area (Å²) in [4.78, 5) is 26.8. The van der Waals surface area contributed by atoms with Gasteiger partial charge in [-0.25, -0.2) is 4.98 Å². The molecule has 150 valence electrons. The molecule has 0 saturated carbocycles.